The van der Waals surface area contributed by atoms with E-state index in [0.29, 0.717) is 22.0 Å². The summed E-state index contributed by atoms with van der Waals surface area (Å²) in [4.78, 5) is 33.4. The molecule has 3 aromatic rings. The van der Waals surface area contributed by atoms with Crippen LogP contribution in [-0.4, -0.2) is 60.5 Å². The molecule has 1 N–H and O–H groups in total. The average Bonchev–Trinajstić information content (AvgIpc) is 3.18. The van der Waals surface area contributed by atoms with Gasteiger partial charge in [-0.1, -0.05) is 11.3 Å². The number of carbonyl (C=O) groups excluding carboxylic acids is 1. The van der Waals surface area contributed by atoms with Crippen LogP contribution in [0.1, 0.15) is 24.2 Å². The Morgan fingerprint density at radius 1 is 1.23 bits per heavy atom. The smallest absolute Gasteiger partial charge is 0.274 e. The number of fused-ring (bicyclic) bond motifs is 1. The van der Waals surface area contributed by atoms with E-state index in [0.717, 1.165) is 23.5 Å². The Balaban J connectivity index is 1.71. The molecule has 2 atom stereocenters. The topological polar surface area (TPSA) is 79.7 Å². The lowest BCUT2D eigenvalue weighted by Crippen LogP contribution is -2.55. The number of aromatic nitrogens is 2. The monoisotopic (exact) mass is 437 g/mol. The first kappa shape index (κ1) is 21.4. The van der Waals surface area contributed by atoms with E-state index in [4.69, 9.17) is 12.7 Å². The molecular weight excluding hydrogens is 413 g/mol. The van der Waals surface area contributed by atoms with Crippen LogP contribution in [0.15, 0.2) is 35.3 Å². The summed E-state index contributed by atoms with van der Waals surface area (Å²) in [5, 5.41) is 3.35. The summed E-state index contributed by atoms with van der Waals surface area (Å²) in [5.41, 5.74) is 2.45. The lowest BCUT2D eigenvalue weighted by Gasteiger charge is -2.44. The number of amides is 1. The highest BCUT2D eigenvalue weighted by Gasteiger charge is 2.28. The number of benzene rings is 1. The number of aryl methyl sites for hydroxylation is 1. The van der Waals surface area contributed by atoms with E-state index in [-0.39, 0.29) is 23.6 Å². The fourth-order valence-corrected chi connectivity index (χ4v) is 4.84. The number of methoxy groups -OCH3 is 1. The largest absolute Gasteiger partial charge is 0.473 e. The van der Waals surface area contributed by atoms with Crippen LogP contribution in [0, 0.1) is 0 Å². The van der Waals surface area contributed by atoms with E-state index in [1.54, 1.807) is 32.5 Å². The molecule has 0 bridgehead atoms. The van der Waals surface area contributed by atoms with Gasteiger partial charge in [0.1, 0.15) is 5.52 Å². The number of ether oxygens (including phenoxy) is 1. The number of nitrogens with one attached hydrogen (secondary N) is 1. The summed E-state index contributed by atoms with van der Waals surface area (Å²) in [5.74, 6) is -0.295. The van der Waals surface area contributed by atoms with Crippen LogP contribution in [0.4, 0.5) is 11.4 Å². The molecule has 4 rings (SSSR count). The molecular formula is C21H24BN5O3S. The van der Waals surface area contributed by atoms with Gasteiger partial charge in [0.05, 0.1) is 28.7 Å². The number of hydrogen-bond donors (Lipinski definition) is 1. The summed E-state index contributed by atoms with van der Waals surface area (Å²) < 4.78 is 7.69. The van der Waals surface area contributed by atoms with Crippen LogP contribution in [0.3, 0.4) is 0 Å². The maximum absolute atomic E-state index is 13.0. The second-order valence-corrected chi connectivity index (χ2v) is 8.83. The highest BCUT2D eigenvalue weighted by molar-refractivity contribution is 7.21. The molecule has 31 heavy (non-hydrogen) atoms. The van der Waals surface area contributed by atoms with E-state index in [2.05, 4.69) is 29.0 Å². The summed E-state index contributed by atoms with van der Waals surface area (Å²) in [7, 11) is 9.37. The maximum atomic E-state index is 13.0. The number of thiazole rings is 1. The summed E-state index contributed by atoms with van der Waals surface area (Å²) in [6.45, 7) is 5.75. The predicted octanol–water partition coefficient (Wildman–Crippen LogP) is 2.24. The first-order valence-electron chi connectivity index (χ1n) is 10.0. The zero-order valence-corrected chi connectivity index (χ0v) is 18.8. The van der Waals surface area contributed by atoms with Gasteiger partial charge in [-0.25, -0.2) is 4.98 Å². The Bertz CT molecular complexity index is 1180. The Hall–Kier alpha value is -2.85. The Labute approximate surface area is 185 Å². The van der Waals surface area contributed by atoms with Crippen molar-refractivity contribution in [1.82, 2.24) is 14.4 Å². The highest BCUT2D eigenvalue weighted by atomic mass is 32.1. The maximum Gasteiger partial charge on any atom is 0.274 e. The minimum atomic E-state index is -0.295. The molecule has 2 radical (unpaired) electrons. The van der Waals surface area contributed by atoms with Crippen molar-refractivity contribution >= 4 is 46.8 Å². The molecule has 1 aliphatic rings. The van der Waals surface area contributed by atoms with Crippen molar-refractivity contribution in [2.75, 3.05) is 30.4 Å². The van der Waals surface area contributed by atoms with Crippen molar-refractivity contribution in [3.05, 3.63) is 46.4 Å². The fourth-order valence-electron chi connectivity index (χ4n) is 3.89. The minimum absolute atomic E-state index is 0.144. The van der Waals surface area contributed by atoms with E-state index in [1.165, 1.54) is 22.0 Å². The molecule has 2 aromatic heterocycles. The van der Waals surface area contributed by atoms with Crippen LogP contribution >= 0.6 is 11.3 Å². The Morgan fingerprint density at radius 2 is 1.94 bits per heavy atom. The lowest BCUT2D eigenvalue weighted by molar-refractivity contribution is 0.102. The number of piperazine rings is 1. The van der Waals surface area contributed by atoms with Gasteiger partial charge in [-0.2, -0.15) is 0 Å². The van der Waals surface area contributed by atoms with Crippen LogP contribution < -0.4 is 20.5 Å². The normalized spacial score (nSPS) is 19.5. The third kappa shape index (κ3) is 4.05. The third-order valence-corrected chi connectivity index (χ3v) is 6.63. The van der Waals surface area contributed by atoms with Gasteiger partial charge in [-0.05, 0) is 32.0 Å². The molecule has 10 heteroatoms. The molecule has 1 aromatic carbocycles. The molecule has 1 amide bonds. The van der Waals surface area contributed by atoms with E-state index in [1.807, 2.05) is 10.9 Å². The van der Waals surface area contributed by atoms with Crippen molar-refractivity contribution in [3.8, 4) is 5.19 Å². The fraction of sp³-hybridized carbons (Fsp3) is 0.381. The molecule has 1 unspecified atom stereocenters. The van der Waals surface area contributed by atoms with E-state index < -0.39 is 0 Å². The lowest BCUT2D eigenvalue weighted by atomic mass is 10.0. The van der Waals surface area contributed by atoms with Gasteiger partial charge in [-0.15, -0.1) is 0 Å². The van der Waals surface area contributed by atoms with Crippen molar-refractivity contribution in [3.63, 3.8) is 0 Å². The molecule has 0 saturated carbocycles. The number of pyridine rings is 1. The van der Waals surface area contributed by atoms with Gasteiger partial charge in [0.2, 0.25) is 5.56 Å². The highest BCUT2D eigenvalue weighted by Crippen LogP contribution is 2.38. The van der Waals surface area contributed by atoms with Crippen LogP contribution in [0.5, 0.6) is 5.19 Å². The molecule has 0 spiro atoms. The first-order chi connectivity index (χ1) is 14.8. The third-order valence-electron chi connectivity index (χ3n) is 5.59. The van der Waals surface area contributed by atoms with Crippen LogP contribution in [0.2, 0.25) is 0 Å². The molecule has 0 aliphatic carbocycles. The Morgan fingerprint density at radius 3 is 2.58 bits per heavy atom. The van der Waals surface area contributed by atoms with Crippen LogP contribution in [0.25, 0.3) is 10.2 Å². The zero-order chi connectivity index (χ0) is 22.3. The van der Waals surface area contributed by atoms with Crippen molar-refractivity contribution in [2.45, 2.75) is 25.9 Å². The van der Waals surface area contributed by atoms with Gasteiger partial charge < -0.3 is 24.3 Å². The average molecular weight is 437 g/mol. The number of hydrogen-bond acceptors (Lipinski definition) is 7. The van der Waals surface area contributed by atoms with Crippen molar-refractivity contribution in [1.29, 1.82) is 0 Å². The zero-order valence-electron chi connectivity index (χ0n) is 18.0. The molecule has 1 fully saturated rings. The molecule has 3 heterocycles. The second-order valence-electron chi connectivity index (χ2n) is 7.87. The number of anilines is 2. The van der Waals surface area contributed by atoms with Gasteiger partial charge in [0, 0.05) is 44.5 Å². The molecule has 160 valence electrons. The standard InChI is InChI=1S/C21H24BN5O3S/c1-12-9-26(10-13(2)27(12)22)16-7-6-15(18-19(16)31-21(24-18)30-4)20(29)23-14-5-8-17(28)25(3)11-14/h5-8,11-13H,9-10H2,1-4H3,(H,23,29)/t12-,13?/m0/s1. The van der Waals surface area contributed by atoms with Gasteiger partial charge in [0.15, 0.2) is 7.98 Å². The first-order valence-corrected chi connectivity index (χ1v) is 10.8. The van der Waals surface area contributed by atoms with Gasteiger partial charge in [-0.3, -0.25) is 9.59 Å². The van der Waals surface area contributed by atoms with E-state index in [9.17, 15) is 9.59 Å². The number of carbonyl (C=O) groups is 1. The SMILES string of the molecule is [B]N1C(C)CN(c2ccc(C(=O)Nc3ccc(=O)n(C)c3)c3nc(OC)sc23)C[C@@H]1C. The van der Waals surface area contributed by atoms with Crippen LogP contribution in [-0.2, 0) is 7.05 Å². The number of rotatable bonds is 4. The predicted molar refractivity (Wildman–Crippen MR) is 125 cm³/mol. The molecule has 8 nitrogen and oxygen atoms in total. The van der Waals surface area contributed by atoms with Crippen molar-refractivity contribution < 1.29 is 9.53 Å². The quantitative estimate of drug-likeness (QED) is 0.631. The summed E-state index contributed by atoms with van der Waals surface area (Å²) in [6.07, 6.45) is 1.59. The van der Waals surface area contributed by atoms with Crippen molar-refractivity contribution in [2.24, 2.45) is 7.05 Å². The number of nitrogens with zero attached hydrogens (tertiary/aromatic N) is 4. The minimum Gasteiger partial charge on any atom is -0.473 e. The molecule has 1 aliphatic heterocycles. The summed E-state index contributed by atoms with van der Waals surface area (Å²) in [6, 6.07) is 7.14. The van der Waals surface area contributed by atoms with E-state index >= 15 is 0 Å². The summed E-state index contributed by atoms with van der Waals surface area (Å²) >= 11 is 1.42. The Kier molecular flexibility index (Phi) is 5.76. The molecule has 1 saturated heterocycles. The van der Waals surface area contributed by atoms with Gasteiger partial charge in [0.25, 0.3) is 11.1 Å². The second kappa shape index (κ2) is 8.35. The van der Waals surface area contributed by atoms with Gasteiger partial charge >= 0.3 is 0 Å².